The lowest BCUT2D eigenvalue weighted by atomic mass is 10.0. The summed E-state index contributed by atoms with van der Waals surface area (Å²) in [4.78, 5) is 29.3. The summed E-state index contributed by atoms with van der Waals surface area (Å²) < 4.78 is 7.29. The Kier molecular flexibility index (Phi) is 5.25. The van der Waals surface area contributed by atoms with Crippen molar-refractivity contribution in [2.45, 2.75) is 46.2 Å². The van der Waals surface area contributed by atoms with Crippen molar-refractivity contribution in [2.24, 2.45) is 0 Å². The number of fused-ring (bicyclic) bond motifs is 1. The first kappa shape index (κ1) is 18.0. The Labute approximate surface area is 152 Å². The fourth-order valence-corrected chi connectivity index (χ4v) is 3.23. The van der Waals surface area contributed by atoms with Crippen molar-refractivity contribution in [1.82, 2.24) is 20.2 Å². The minimum Gasteiger partial charge on any atom is -0.463 e. The summed E-state index contributed by atoms with van der Waals surface area (Å²) in [6.45, 7) is 6.62. The largest absolute Gasteiger partial charge is 0.463 e. The highest BCUT2D eigenvalue weighted by molar-refractivity contribution is 5.95. The fraction of sp³-hybridized carbons (Fsp3) is 0.421. The first-order valence-electron chi connectivity index (χ1n) is 8.97. The molecule has 26 heavy (non-hydrogen) atoms. The van der Waals surface area contributed by atoms with Gasteiger partial charge < -0.3 is 19.9 Å². The zero-order valence-electron chi connectivity index (χ0n) is 15.3. The van der Waals surface area contributed by atoms with E-state index in [-0.39, 0.29) is 12.6 Å². The van der Waals surface area contributed by atoms with Gasteiger partial charge in [-0.3, -0.25) is 0 Å². The molecule has 1 atom stereocenters. The van der Waals surface area contributed by atoms with Gasteiger partial charge in [0.1, 0.15) is 11.9 Å². The van der Waals surface area contributed by atoms with E-state index in [9.17, 15) is 9.59 Å². The van der Waals surface area contributed by atoms with E-state index >= 15 is 0 Å². The second kappa shape index (κ2) is 7.59. The van der Waals surface area contributed by atoms with E-state index < -0.39 is 12.0 Å². The number of carbonyl (C=O) groups excluding carboxylic acids is 2. The molecule has 1 aliphatic rings. The molecule has 0 fully saturated rings. The zero-order valence-corrected chi connectivity index (χ0v) is 15.3. The molecule has 1 aromatic carbocycles. The van der Waals surface area contributed by atoms with Crippen molar-refractivity contribution in [3.63, 3.8) is 0 Å². The van der Waals surface area contributed by atoms with Crippen LogP contribution in [0.4, 0.5) is 4.79 Å². The number of ether oxygens (including phenoxy) is 1. The predicted octanol–water partition coefficient (Wildman–Crippen LogP) is 3.03. The SMILES string of the molecule is CCCCn1c([C@H]2NC(=O)NC(C)=C2C(=O)OCC)nc2ccccc21. The van der Waals surface area contributed by atoms with Gasteiger partial charge in [-0.25, -0.2) is 14.6 Å². The van der Waals surface area contributed by atoms with E-state index in [1.54, 1.807) is 13.8 Å². The van der Waals surface area contributed by atoms with Crippen LogP contribution in [0.25, 0.3) is 11.0 Å². The van der Waals surface area contributed by atoms with Crippen LogP contribution in [0, 0.1) is 0 Å². The third kappa shape index (κ3) is 3.29. The Bertz CT molecular complexity index is 869. The van der Waals surface area contributed by atoms with Crippen LogP contribution in [-0.2, 0) is 16.1 Å². The molecule has 0 aliphatic carbocycles. The number of aromatic nitrogens is 2. The topological polar surface area (TPSA) is 85.2 Å². The number of allylic oxidation sites excluding steroid dienone is 1. The van der Waals surface area contributed by atoms with Crippen LogP contribution in [-0.4, -0.2) is 28.2 Å². The van der Waals surface area contributed by atoms with Crippen LogP contribution in [0.2, 0.25) is 0 Å². The molecule has 2 heterocycles. The number of esters is 1. The smallest absolute Gasteiger partial charge is 0.338 e. The predicted molar refractivity (Wildman–Crippen MR) is 98.4 cm³/mol. The molecule has 0 unspecified atom stereocenters. The number of aryl methyl sites for hydroxylation is 1. The average Bonchev–Trinajstić information content (AvgIpc) is 2.97. The molecule has 3 rings (SSSR count). The molecule has 2 N–H and O–H groups in total. The molecule has 0 spiro atoms. The summed E-state index contributed by atoms with van der Waals surface area (Å²) in [5.74, 6) is 0.202. The van der Waals surface area contributed by atoms with Crippen LogP contribution < -0.4 is 10.6 Å². The van der Waals surface area contributed by atoms with E-state index in [2.05, 4.69) is 22.1 Å². The van der Waals surface area contributed by atoms with Crippen LogP contribution in [0.1, 0.15) is 45.5 Å². The lowest BCUT2D eigenvalue weighted by Crippen LogP contribution is -2.46. The highest BCUT2D eigenvalue weighted by atomic mass is 16.5. The molecule has 0 bridgehead atoms. The van der Waals surface area contributed by atoms with E-state index in [0.717, 1.165) is 30.4 Å². The second-order valence-corrected chi connectivity index (χ2v) is 6.25. The summed E-state index contributed by atoms with van der Waals surface area (Å²) in [6, 6.07) is 6.83. The number of hydrogen-bond acceptors (Lipinski definition) is 4. The van der Waals surface area contributed by atoms with E-state index in [0.29, 0.717) is 17.1 Å². The van der Waals surface area contributed by atoms with E-state index in [1.165, 1.54) is 0 Å². The van der Waals surface area contributed by atoms with E-state index in [4.69, 9.17) is 9.72 Å². The average molecular weight is 356 g/mol. The Balaban J connectivity index is 2.14. The number of nitrogens with one attached hydrogen (secondary N) is 2. The number of carbonyl (C=O) groups is 2. The third-order valence-electron chi connectivity index (χ3n) is 4.44. The van der Waals surface area contributed by atoms with Gasteiger partial charge in [-0.05, 0) is 32.4 Å². The maximum Gasteiger partial charge on any atom is 0.338 e. The van der Waals surface area contributed by atoms with Gasteiger partial charge in [-0.15, -0.1) is 0 Å². The fourth-order valence-electron chi connectivity index (χ4n) is 3.23. The van der Waals surface area contributed by atoms with Crippen molar-refractivity contribution in [3.8, 4) is 0 Å². The molecule has 7 heteroatoms. The number of amides is 2. The molecule has 138 valence electrons. The van der Waals surface area contributed by atoms with Crippen molar-refractivity contribution in [2.75, 3.05) is 6.61 Å². The van der Waals surface area contributed by atoms with Crippen LogP contribution in [0.15, 0.2) is 35.5 Å². The van der Waals surface area contributed by atoms with Gasteiger partial charge in [0, 0.05) is 12.2 Å². The molecular formula is C19H24N4O3. The molecule has 0 radical (unpaired) electrons. The Hall–Kier alpha value is -2.83. The molecule has 1 aromatic heterocycles. The lowest BCUT2D eigenvalue weighted by molar-refractivity contribution is -0.139. The summed E-state index contributed by atoms with van der Waals surface area (Å²) in [6.07, 6.45) is 2.01. The van der Waals surface area contributed by atoms with Crippen LogP contribution in [0.5, 0.6) is 0 Å². The minimum atomic E-state index is -0.646. The standard InChI is InChI=1S/C19H24N4O3/c1-4-6-11-23-14-10-8-7-9-13(14)21-17(23)16-15(18(24)26-5-2)12(3)20-19(25)22-16/h7-10,16H,4-6,11H2,1-3H3,(H2,20,22,25)/t16-/m0/s1. The molecule has 1 aliphatic heterocycles. The maximum atomic E-state index is 12.5. The van der Waals surface area contributed by atoms with Crippen molar-refractivity contribution in [3.05, 3.63) is 41.4 Å². The highest BCUT2D eigenvalue weighted by Crippen LogP contribution is 2.30. The number of urea groups is 1. The number of benzene rings is 1. The van der Waals surface area contributed by atoms with Gasteiger partial charge in [-0.2, -0.15) is 0 Å². The Morgan fingerprint density at radius 2 is 2.08 bits per heavy atom. The minimum absolute atomic E-state index is 0.266. The quantitative estimate of drug-likeness (QED) is 0.779. The van der Waals surface area contributed by atoms with Crippen LogP contribution in [0.3, 0.4) is 0 Å². The number of para-hydroxylation sites is 2. The number of imidazole rings is 1. The Morgan fingerprint density at radius 3 is 2.81 bits per heavy atom. The van der Waals surface area contributed by atoms with Gasteiger partial charge >= 0.3 is 12.0 Å². The lowest BCUT2D eigenvalue weighted by Gasteiger charge is -2.28. The van der Waals surface area contributed by atoms with Gasteiger partial charge in [0.15, 0.2) is 0 Å². The number of rotatable bonds is 6. The number of nitrogens with zero attached hydrogens (tertiary/aromatic N) is 2. The molecule has 2 amide bonds. The molecule has 7 nitrogen and oxygen atoms in total. The number of hydrogen-bond donors (Lipinski definition) is 2. The summed E-state index contributed by atoms with van der Waals surface area (Å²) in [5, 5.41) is 5.49. The van der Waals surface area contributed by atoms with Crippen molar-refractivity contribution >= 4 is 23.0 Å². The zero-order chi connectivity index (χ0) is 18.7. The Morgan fingerprint density at radius 1 is 1.31 bits per heavy atom. The first-order valence-corrected chi connectivity index (χ1v) is 8.97. The van der Waals surface area contributed by atoms with Gasteiger partial charge in [0.2, 0.25) is 0 Å². The summed E-state index contributed by atoms with van der Waals surface area (Å²) >= 11 is 0. The van der Waals surface area contributed by atoms with Gasteiger partial charge in [-0.1, -0.05) is 25.5 Å². The summed E-state index contributed by atoms with van der Waals surface area (Å²) in [7, 11) is 0. The van der Waals surface area contributed by atoms with Crippen molar-refractivity contribution < 1.29 is 14.3 Å². The molecule has 0 saturated heterocycles. The molecule has 2 aromatic rings. The maximum absolute atomic E-state index is 12.5. The summed E-state index contributed by atoms with van der Waals surface area (Å²) in [5.41, 5.74) is 2.71. The first-order chi connectivity index (χ1) is 12.6. The third-order valence-corrected chi connectivity index (χ3v) is 4.44. The second-order valence-electron chi connectivity index (χ2n) is 6.25. The molecule has 0 saturated carbocycles. The van der Waals surface area contributed by atoms with Gasteiger partial charge in [0.05, 0.1) is 23.2 Å². The number of unbranched alkanes of at least 4 members (excludes halogenated alkanes) is 1. The monoisotopic (exact) mass is 356 g/mol. The normalized spacial score (nSPS) is 17.2. The van der Waals surface area contributed by atoms with Gasteiger partial charge in [0.25, 0.3) is 0 Å². The van der Waals surface area contributed by atoms with Crippen molar-refractivity contribution in [1.29, 1.82) is 0 Å². The molecular weight excluding hydrogens is 332 g/mol. The highest BCUT2D eigenvalue weighted by Gasteiger charge is 2.35. The van der Waals surface area contributed by atoms with E-state index in [1.807, 2.05) is 24.3 Å². The van der Waals surface area contributed by atoms with Crippen LogP contribution >= 0.6 is 0 Å².